The SMILES string of the molecule is CC(C)(C)C(=O)CCc1cscc1Br. The molecule has 0 saturated heterocycles. The molecule has 0 atom stereocenters. The van der Waals surface area contributed by atoms with Crippen LogP contribution in [0.15, 0.2) is 15.2 Å². The van der Waals surface area contributed by atoms with E-state index in [0.717, 1.165) is 10.9 Å². The lowest BCUT2D eigenvalue weighted by atomic mass is 9.88. The van der Waals surface area contributed by atoms with E-state index in [1.54, 1.807) is 11.3 Å². The van der Waals surface area contributed by atoms with Gasteiger partial charge in [0, 0.05) is 21.7 Å². The van der Waals surface area contributed by atoms with Gasteiger partial charge in [-0.3, -0.25) is 4.79 Å². The average molecular weight is 275 g/mol. The number of aryl methyl sites for hydroxylation is 1. The number of ketones is 1. The minimum absolute atomic E-state index is 0.206. The Labute approximate surface area is 97.7 Å². The van der Waals surface area contributed by atoms with E-state index in [9.17, 15) is 4.79 Å². The minimum atomic E-state index is -0.206. The summed E-state index contributed by atoms with van der Waals surface area (Å²) in [5, 5.41) is 4.15. The molecular weight excluding hydrogens is 260 g/mol. The third kappa shape index (κ3) is 3.21. The summed E-state index contributed by atoms with van der Waals surface area (Å²) in [5.74, 6) is 0.329. The molecule has 0 unspecified atom stereocenters. The predicted octanol–water partition coefficient (Wildman–Crippen LogP) is 4.06. The van der Waals surface area contributed by atoms with Crippen molar-refractivity contribution in [2.24, 2.45) is 5.41 Å². The monoisotopic (exact) mass is 274 g/mol. The molecule has 0 radical (unpaired) electrons. The van der Waals surface area contributed by atoms with E-state index >= 15 is 0 Å². The largest absolute Gasteiger partial charge is 0.299 e. The van der Waals surface area contributed by atoms with Crippen LogP contribution in [-0.4, -0.2) is 5.78 Å². The lowest BCUT2D eigenvalue weighted by Gasteiger charge is -2.15. The van der Waals surface area contributed by atoms with Crippen molar-refractivity contribution in [1.29, 1.82) is 0 Å². The highest BCUT2D eigenvalue weighted by molar-refractivity contribution is 9.10. The van der Waals surface area contributed by atoms with E-state index in [1.165, 1.54) is 5.56 Å². The van der Waals surface area contributed by atoms with Crippen LogP contribution < -0.4 is 0 Å². The molecule has 0 bridgehead atoms. The normalized spacial score (nSPS) is 11.7. The van der Waals surface area contributed by atoms with E-state index in [4.69, 9.17) is 0 Å². The molecule has 14 heavy (non-hydrogen) atoms. The molecule has 0 aromatic carbocycles. The van der Waals surface area contributed by atoms with Crippen LogP contribution >= 0.6 is 27.3 Å². The Morgan fingerprint density at radius 1 is 1.43 bits per heavy atom. The van der Waals surface area contributed by atoms with E-state index in [-0.39, 0.29) is 5.41 Å². The van der Waals surface area contributed by atoms with Gasteiger partial charge in [0.1, 0.15) is 5.78 Å². The zero-order valence-corrected chi connectivity index (χ0v) is 11.2. The first-order chi connectivity index (χ1) is 6.41. The van der Waals surface area contributed by atoms with Crippen molar-refractivity contribution >= 4 is 33.0 Å². The third-order valence-corrected chi connectivity index (χ3v) is 3.98. The first-order valence-corrected chi connectivity index (χ1v) is 6.38. The van der Waals surface area contributed by atoms with Crippen LogP contribution in [0, 0.1) is 5.41 Å². The van der Waals surface area contributed by atoms with Crippen molar-refractivity contribution in [2.45, 2.75) is 33.6 Å². The van der Waals surface area contributed by atoms with Crippen LogP contribution in [0.3, 0.4) is 0 Å². The Morgan fingerprint density at radius 3 is 2.50 bits per heavy atom. The fourth-order valence-electron chi connectivity index (χ4n) is 1.11. The number of halogens is 1. The van der Waals surface area contributed by atoms with Crippen molar-refractivity contribution in [2.75, 3.05) is 0 Å². The maximum atomic E-state index is 11.7. The minimum Gasteiger partial charge on any atom is -0.299 e. The lowest BCUT2D eigenvalue weighted by Crippen LogP contribution is -2.20. The molecular formula is C11H15BrOS. The van der Waals surface area contributed by atoms with Crippen LogP contribution in [0.25, 0.3) is 0 Å². The number of rotatable bonds is 3. The average Bonchev–Trinajstić information content (AvgIpc) is 2.45. The van der Waals surface area contributed by atoms with Crippen LogP contribution in [-0.2, 0) is 11.2 Å². The summed E-state index contributed by atoms with van der Waals surface area (Å²) < 4.78 is 1.13. The van der Waals surface area contributed by atoms with Gasteiger partial charge in [-0.05, 0) is 33.3 Å². The molecule has 3 heteroatoms. The summed E-state index contributed by atoms with van der Waals surface area (Å²) in [7, 11) is 0. The second kappa shape index (κ2) is 4.58. The van der Waals surface area contributed by atoms with Crippen LogP contribution in [0.2, 0.25) is 0 Å². The second-order valence-corrected chi connectivity index (χ2v) is 6.02. The molecule has 1 heterocycles. The van der Waals surface area contributed by atoms with Crippen LogP contribution in [0.4, 0.5) is 0 Å². The molecule has 0 saturated carbocycles. The van der Waals surface area contributed by atoms with Gasteiger partial charge in [0.2, 0.25) is 0 Å². The van der Waals surface area contributed by atoms with Crippen LogP contribution in [0.5, 0.6) is 0 Å². The molecule has 1 aromatic heterocycles. The Balaban J connectivity index is 2.50. The zero-order valence-electron chi connectivity index (χ0n) is 8.76. The van der Waals surface area contributed by atoms with Gasteiger partial charge >= 0.3 is 0 Å². The molecule has 0 fully saturated rings. The van der Waals surface area contributed by atoms with E-state index in [2.05, 4.69) is 26.7 Å². The van der Waals surface area contributed by atoms with Gasteiger partial charge in [-0.25, -0.2) is 0 Å². The number of hydrogen-bond donors (Lipinski definition) is 0. The van der Waals surface area contributed by atoms with Crippen molar-refractivity contribution in [3.05, 3.63) is 20.8 Å². The predicted molar refractivity (Wildman–Crippen MR) is 64.8 cm³/mol. The first-order valence-electron chi connectivity index (χ1n) is 4.65. The van der Waals surface area contributed by atoms with Crippen molar-refractivity contribution in [1.82, 2.24) is 0 Å². The molecule has 0 amide bonds. The highest BCUT2D eigenvalue weighted by atomic mass is 79.9. The summed E-state index contributed by atoms with van der Waals surface area (Å²) in [4.78, 5) is 11.7. The van der Waals surface area contributed by atoms with E-state index in [1.807, 2.05) is 20.8 Å². The quantitative estimate of drug-likeness (QED) is 0.813. The smallest absolute Gasteiger partial charge is 0.138 e. The molecule has 1 rings (SSSR count). The molecule has 0 N–H and O–H groups in total. The van der Waals surface area contributed by atoms with Gasteiger partial charge < -0.3 is 0 Å². The van der Waals surface area contributed by atoms with E-state index < -0.39 is 0 Å². The summed E-state index contributed by atoms with van der Waals surface area (Å²) in [6.07, 6.45) is 1.49. The van der Waals surface area contributed by atoms with Crippen molar-refractivity contribution < 1.29 is 4.79 Å². The molecule has 0 spiro atoms. The molecule has 0 aliphatic heterocycles. The first kappa shape index (κ1) is 11.9. The maximum Gasteiger partial charge on any atom is 0.138 e. The summed E-state index contributed by atoms with van der Waals surface area (Å²) in [6, 6.07) is 0. The molecule has 78 valence electrons. The van der Waals surface area contributed by atoms with Crippen LogP contribution in [0.1, 0.15) is 32.8 Å². The Kier molecular flexibility index (Phi) is 3.90. The number of hydrogen-bond acceptors (Lipinski definition) is 2. The zero-order chi connectivity index (χ0) is 10.8. The van der Waals surface area contributed by atoms with Gasteiger partial charge in [0.25, 0.3) is 0 Å². The summed E-state index contributed by atoms with van der Waals surface area (Å²) in [6.45, 7) is 5.91. The fraction of sp³-hybridized carbons (Fsp3) is 0.545. The lowest BCUT2D eigenvalue weighted by molar-refractivity contribution is -0.126. The van der Waals surface area contributed by atoms with Crippen molar-refractivity contribution in [3.63, 3.8) is 0 Å². The standard InChI is InChI=1S/C11H15BrOS/c1-11(2,3)10(13)5-4-8-6-14-7-9(8)12/h6-7H,4-5H2,1-3H3. The number of Topliss-reactive ketones (excluding diaryl/α,β-unsaturated/α-hetero) is 1. The van der Waals surface area contributed by atoms with Gasteiger partial charge in [-0.1, -0.05) is 20.8 Å². The van der Waals surface area contributed by atoms with Gasteiger partial charge in [0.15, 0.2) is 0 Å². The maximum absolute atomic E-state index is 11.7. The Bertz CT molecular complexity index is 322. The fourth-order valence-corrected chi connectivity index (χ4v) is 2.65. The number of carbonyl (C=O) groups is 1. The van der Waals surface area contributed by atoms with Crippen molar-refractivity contribution in [3.8, 4) is 0 Å². The summed E-state index contributed by atoms with van der Waals surface area (Å²) >= 11 is 5.13. The molecule has 0 aliphatic rings. The molecule has 0 aliphatic carbocycles. The van der Waals surface area contributed by atoms with Gasteiger partial charge in [0.05, 0.1) is 0 Å². The second-order valence-electron chi connectivity index (χ2n) is 4.42. The Morgan fingerprint density at radius 2 is 2.07 bits per heavy atom. The molecule has 1 nitrogen and oxygen atoms in total. The summed E-state index contributed by atoms with van der Waals surface area (Å²) in [5.41, 5.74) is 1.04. The number of thiophene rings is 1. The third-order valence-electron chi connectivity index (χ3n) is 2.15. The van der Waals surface area contributed by atoms with E-state index in [0.29, 0.717) is 12.2 Å². The highest BCUT2D eigenvalue weighted by Gasteiger charge is 2.20. The van der Waals surface area contributed by atoms with Gasteiger partial charge in [-0.15, -0.1) is 0 Å². The van der Waals surface area contributed by atoms with Gasteiger partial charge in [-0.2, -0.15) is 11.3 Å². The molecule has 1 aromatic rings. The highest BCUT2D eigenvalue weighted by Crippen LogP contribution is 2.24. The topological polar surface area (TPSA) is 17.1 Å². The number of carbonyl (C=O) groups excluding carboxylic acids is 1. The Hall–Kier alpha value is -0.150.